The molecule has 6 nitrogen and oxygen atoms in total. The van der Waals surface area contributed by atoms with E-state index in [0.717, 1.165) is 18.7 Å². The number of terminal acetylenes is 1. The first-order chi connectivity index (χ1) is 12.8. The van der Waals surface area contributed by atoms with Crippen molar-refractivity contribution in [2.45, 2.75) is 0 Å². The highest BCUT2D eigenvalue weighted by Gasteiger charge is 2.13. The van der Waals surface area contributed by atoms with Crippen LogP contribution in [-0.4, -0.2) is 48.7 Å². The van der Waals surface area contributed by atoms with Gasteiger partial charge < -0.3 is 14.4 Å². The van der Waals surface area contributed by atoms with Crippen LogP contribution in [0.3, 0.4) is 0 Å². The Bertz CT molecular complexity index is 802. The van der Waals surface area contributed by atoms with Crippen molar-refractivity contribution < 1.29 is 14.3 Å². The SMILES string of the molecule is C#CCOc1ccc(C(=O)C=Cc2cnc(N3CCOCC3)nc2)cc1. The summed E-state index contributed by atoms with van der Waals surface area (Å²) in [4.78, 5) is 23.0. The maximum Gasteiger partial charge on any atom is 0.225 e. The Morgan fingerprint density at radius 2 is 1.92 bits per heavy atom. The summed E-state index contributed by atoms with van der Waals surface area (Å²) in [6.07, 6.45) is 11.8. The van der Waals surface area contributed by atoms with Crippen molar-refractivity contribution in [1.82, 2.24) is 9.97 Å². The molecule has 1 aliphatic heterocycles. The Morgan fingerprint density at radius 1 is 1.23 bits per heavy atom. The lowest BCUT2D eigenvalue weighted by molar-refractivity contribution is 0.104. The maximum atomic E-state index is 12.2. The highest BCUT2D eigenvalue weighted by molar-refractivity contribution is 6.06. The van der Waals surface area contributed by atoms with E-state index in [9.17, 15) is 4.79 Å². The molecule has 26 heavy (non-hydrogen) atoms. The van der Waals surface area contributed by atoms with Crippen molar-refractivity contribution >= 4 is 17.8 Å². The van der Waals surface area contributed by atoms with E-state index in [1.807, 2.05) is 0 Å². The number of hydrogen-bond acceptors (Lipinski definition) is 6. The van der Waals surface area contributed by atoms with Gasteiger partial charge in [0, 0.05) is 36.6 Å². The summed E-state index contributed by atoms with van der Waals surface area (Å²) in [5.74, 6) is 3.60. The third-order valence-corrected chi connectivity index (χ3v) is 3.84. The first-order valence-corrected chi connectivity index (χ1v) is 8.30. The molecule has 3 rings (SSSR count). The summed E-state index contributed by atoms with van der Waals surface area (Å²) in [5, 5.41) is 0. The summed E-state index contributed by atoms with van der Waals surface area (Å²) in [5.41, 5.74) is 1.34. The number of carbonyl (C=O) groups excluding carboxylic acids is 1. The third-order valence-electron chi connectivity index (χ3n) is 3.84. The molecule has 1 aromatic heterocycles. The van der Waals surface area contributed by atoms with Crippen LogP contribution in [0.25, 0.3) is 6.08 Å². The summed E-state index contributed by atoms with van der Waals surface area (Å²) in [7, 11) is 0. The number of allylic oxidation sites excluding steroid dienone is 1. The number of hydrogen-bond donors (Lipinski definition) is 0. The number of nitrogens with zero attached hydrogens (tertiary/aromatic N) is 3. The van der Waals surface area contributed by atoms with E-state index in [-0.39, 0.29) is 12.4 Å². The highest BCUT2D eigenvalue weighted by Crippen LogP contribution is 2.14. The van der Waals surface area contributed by atoms with Crippen molar-refractivity contribution in [3.05, 3.63) is 53.9 Å². The van der Waals surface area contributed by atoms with Crippen LogP contribution in [0.2, 0.25) is 0 Å². The van der Waals surface area contributed by atoms with Crippen LogP contribution in [0.4, 0.5) is 5.95 Å². The summed E-state index contributed by atoms with van der Waals surface area (Å²) >= 11 is 0. The molecule has 0 N–H and O–H groups in total. The van der Waals surface area contributed by atoms with E-state index in [1.165, 1.54) is 6.08 Å². The van der Waals surface area contributed by atoms with Crippen molar-refractivity contribution in [2.75, 3.05) is 37.8 Å². The molecule has 0 unspecified atom stereocenters. The molecular weight excluding hydrogens is 330 g/mol. The Kier molecular flexibility index (Phi) is 5.96. The zero-order valence-electron chi connectivity index (χ0n) is 14.3. The number of rotatable bonds is 6. The highest BCUT2D eigenvalue weighted by atomic mass is 16.5. The van der Waals surface area contributed by atoms with Crippen LogP contribution in [0.5, 0.6) is 5.75 Å². The molecule has 0 atom stereocenters. The van der Waals surface area contributed by atoms with Crippen LogP contribution < -0.4 is 9.64 Å². The lowest BCUT2D eigenvalue weighted by Gasteiger charge is -2.26. The van der Waals surface area contributed by atoms with Gasteiger partial charge in [0.05, 0.1) is 13.2 Å². The van der Waals surface area contributed by atoms with Crippen molar-refractivity contribution in [1.29, 1.82) is 0 Å². The van der Waals surface area contributed by atoms with E-state index in [2.05, 4.69) is 20.8 Å². The number of benzene rings is 1. The van der Waals surface area contributed by atoms with E-state index in [4.69, 9.17) is 15.9 Å². The largest absolute Gasteiger partial charge is 0.481 e. The number of aromatic nitrogens is 2. The van der Waals surface area contributed by atoms with Gasteiger partial charge in [-0.1, -0.05) is 5.92 Å². The molecule has 2 heterocycles. The minimum Gasteiger partial charge on any atom is -0.481 e. The number of morpholine rings is 1. The number of ether oxygens (including phenoxy) is 2. The van der Waals surface area contributed by atoms with Crippen LogP contribution in [0.1, 0.15) is 15.9 Å². The second-order valence-corrected chi connectivity index (χ2v) is 5.63. The van der Waals surface area contributed by atoms with Gasteiger partial charge in [-0.2, -0.15) is 0 Å². The van der Waals surface area contributed by atoms with Gasteiger partial charge in [0.1, 0.15) is 12.4 Å². The first-order valence-electron chi connectivity index (χ1n) is 8.30. The zero-order chi connectivity index (χ0) is 18.2. The van der Waals surface area contributed by atoms with Gasteiger partial charge in [0.15, 0.2) is 5.78 Å². The lowest BCUT2D eigenvalue weighted by atomic mass is 10.1. The molecule has 1 aliphatic rings. The van der Waals surface area contributed by atoms with Gasteiger partial charge in [-0.25, -0.2) is 9.97 Å². The molecule has 0 amide bonds. The smallest absolute Gasteiger partial charge is 0.225 e. The monoisotopic (exact) mass is 349 g/mol. The lowest BCUT2D eigenvalue weighted by Crippen LogP contribution is -2.37. The predicted molar refractivity (Wildman–Crippen MR) is 99.2 cm³/mol. The first kappa shape index (κ1) is 17.6. The average Bonchev–Trinajstić information content (AvgIpc) is 2.72. The summed E-state index contributed by atoms with van der Waals surface area (Å²) in [6, 6.07) is 6.85. The Balaban J connectivity index is 1.60. The fraction of sp³-hybridized carbons (Fsp3) is 0.250. The van der Waals surface area contributed by atoms with Gasteiger partial charge in [0.25, 0.3) is 0 Å². The van der Waals surface area contributed by atoms with Crippen LogP contribution in [0.15, 0.2) is 42.7 Å². The number of anilines is 1. The van der Waals surface area contributed by atoms with Gasteiger partial charge in [-0.15, -0.1) is 6.42 Å². The standard InChI is InChI=1S/C20H19N3O3/c1-2-11-26-18-6-4-17(5-7-18)19(24)8-3-16-14-21-20(22-15-16)23-9-12-25-13-10-23/h1,3-8,14-15H,9-13H2. The maximum absolute atomic E-state index is 12.2. The zero-order valence-corrected chi connectivity index (χ0v) is 14.3. The predicted octanol–water partition coefficient (Wildman–Crippen LogP) is 2.22. The molecule has 2 aromatic rings. The second kappa shape index (κ2) is 8.79. The van der Waals surface area contributed by atoms with Crippen molar-refractivity contribution in [3.8, 4) is 18.1 Å². The molecule has 1 fully saturated rings. The molecule has 0 aliphatic carbocycles. The van der Waals surface area contributed by atoms with E-state index in [1.54, 1.807) is 42.7 Å². The Hall–Kier alpha value is -3.17. The van der Waals surface area contributed by atoms with Gasteiger partial charge >= 0.3 is 0 Å². The van der Waals surface area contributed by atoms with E-state index < -0.39 is 0 Å². The van der Waals surface area contributed by atoms with E-state index in [0.29, 0.717) is 30.5 Å². The average molecular weight is 349 g/mol. The molecule has 0 saturated carbocycles. The minimum absolute atomic E-state index is 0.106. The molecule has 0 bridgehead atoms. The summed E-state index contributed by atoms with van der Waals surface area (Å²) < 4.78 is 10.6. The molecule has 132 valence electrons. The van der Waals surface area contributed by atoms with E-state index >= 15 is 0 Å². The normalized spacial score (nSPS) is 14.2. The topological polar surface area (TPSA) is 64.5 Å². The molecule has 1 aromatic carbocycles. The fourth-order valence-electron chi connectivity index (χ4n) is 2.45. The minimum atomic E-state index is -0.106. The van der Waals surface area contributed by atoms with Gasteiger partial charge in [0.2, 0.25) is 5.95 Å². The second-order valence-electron chi connectivity index (χ2n) is 5.63. The van der Waals surface area contributed by atoms with Crippen LogP contribution >= 0.6 is 0 Å². The van der Waals surface area contributed by atoms with Crippen LogP contribution in [-0.2, 0) is 4.74 Å². The van der Waals surface area contributed by atoms with Gasteiger partial charge in [-0.3, -0.25) is 4.79 Å². The van der Waals surface area contributed by atoms with Gasteiger partial charge in [-0.05, 0) is 36.4 Å². The summed E-state index contributed by atoms with van der Waals surface area (Å²) in [6.45, 7) is 3.15. The third kappa shape index (κ3) is 4.68. The van der Waals surface area contributed by atoms with Crippen LogP contribution in [0, 0.1) is 12.3 Å². The number of carbonyl (C=O) groups is 1. The van der Waals surface area contributed by atoms with Crippen molar-refractivity contribution in [2.24, 2.45) is 0 Å². The van der Waals surface area contributed by atoms with Crippen molar-refractivity contribution in [3.63, 3.8) is 0 Å². The number of ketones is 1. The molecule has 0 radical (unpaired) electrons. The fourth-order valence-corrected chi connectivity index (χ4v) is 2.45. The molecule has 1 saturated heterocycles. The molecule has 6 heteroatoms. The quantitative estimate of drug-likeness (QED) is 0.453. The molecular formula is C20H19N3O3. The molecule has 0 spiro atoms. The Morgan fingerprint density at radius 3 is 2.58 bits per heavy atom. The Labute approximate surface area is 152 Å².